The van der Waals surface area contributed by atoms with Crippen molar-refractivity contribution in [1.82, 2.24) is 0 Å². The molecular weight excluding hydrogens is 320 g/mol. The van der Waals surface area contributed by atoms with Crippen molar-refractivity contribution in [3.8, 4) is 11.5 Å². The highest BCUT2D eigenvalue weighted by Crippen LogP contribution is 2.34. The van der Waals surface area contributed by atoms with Crippen molar-refractivity contribution in [2.45, 2.75) is 0 Å². The second kappa shape index (κ2) is 6.18. The summed E-state index contributed by atoms with van der Waals surface area (Å²) in [6.07, 6.45) is 0. The van der Waals surface area contributed by atoms with Crippen LogP contribution in [0.2, 0.25) is 5.02 Å². The largest absolute Gasteiger partial charge is 0.506 e. The molecule has 0 radical (unpaired) electrons. The molecule has 3 rings (SSSR count). The van der Waals surface area contributed by atoms with Gasteiger partial charge in [0, 0.05) is 5.02 Å². The molecule has 6 nitrogen and oxygen atoms in total. The number of fused-ring (bicyclic) bond motifs is 1. The Morgan fingerprint density at radius 1 is 1.30 bits per heavy atom. The van der Waals surface area contributed by atoms with E-state index in [0.717, 1.165) is 0 Å². The zero-order chi connectivity index (χ0) is 16.4. The van der Waals surface area contributed by atoms with Crippen molar-refractivity contribution in [1.29, 1.82) is 0 Å². The van der Waals surface area contributed by atoms with Gasteiger partial charge in [-0.3, -0.25) is 4.79 Å². The number of halogens is 1. The van der Waals surface area contributed by atoms with Crippen molar-refractivity contribution >= 4 is 34.9 Å². The summed E-state index contributed by atoms with van der Waals surface area (Å²) < 4.78 is 5.13. The van der Waals surface area contributed by atoms with E-state index in [9.17, 15) is 14.7 Å². The minimum Gasteiger partial charge on any atom is -0.506 e. The van der Waals surface area contributed by atoms with Crippen LogP contribution < -0.4 is 15.0 Å². The van der Waals surface area contributed by atoms with Crippen molar-refractivity contribution in [2.24, 2.45) is 0 Å². The number of rotatable bonds is 3. The minimum atomic E-state index is -0.449. The number of benzene rings is 2. The van der Waals surface area contributed by atoms with Crippen LogP contribution in [0.25, 0.3) is 0 Å². The van der Waals surface area contributed by atoms with E-state index in [1.54, 1.807) is 41.3 Å². The quantitative estimate of drug-likeness (QED) is 0.512. The number of hydrogen-bond donors (Lipinski definition) is 2. The number of ether oxygens (including phenoxy) is 1. The van der Waals surface area contributed by atoms with E-state index in [-0.39, 0.29) is 24.7 Å². The molecule has 0 fully saturated rings. The number of para-hydroxylation sites is 2. The van der Waals surface area contributed by atoms with Crippen molar-refractivity contribution in [2.75, 3.05) is 23.3 Å². The fourth-order valence-corrected chi connectivity index (χ4v) is 2.47. The van der Waals surface area contributed by atoms with E-state index < -0.39 is 5.97 Å². The molecule has 2 aromatic rings. The summed E-state index contributed by atoms with van der Waals surface area (Å²) in [5, 5.41) is 12.8. The van der Waals surface area contributed by atoms with Gasteiger partial charge in [-0.1, -0.05) is 23.7 Å². The molecule has 7 heteroatoms. The maximum atomic E-state index is 12.2. The number of phenols is 1. The molecule has 1 heterocycles. The van der Waals surface area contributed by atoms with Gasteiger partial charge < -0.3 is 20.1 Å². The number of carbonyl (C=O) groups excluding carboxylic acids is 2. The van der Waals surface area contributed by atoms with Gasteiger partial charge >= 0.3 is 5.97 Å². The number of amides is 1. The van der Waals surface area contributed by atoms with Gasteiger partial charge in [0.05, 0.1) is 17.9 Å². The van der Waals surface area contributed by atoms with Crippen LogP contribution in [0.5, 0.6) is 11.5 Å². The topological polar surface area (TPSA) is 78.9 Å². The van der Waals surface area contributed by atoms with Crippen LogP contribution in [0.15, 0.2) is 42.5 Å². The van der Waals surface area contributed by atoms with E-state index >= 15 is 0 Å². The van der Waals surface area contributed by atoms with Crippen LogP contribution in [0.1, 0.15) is 0 Å². The molecule has 1 amide bonds. The van der Waals surface area contributed by atoms with Gasteiger partial charge in [-0.2, -0.15) is 0 Å². The first-order valence-electron chi connectivity index (χ1n) is 6.86. The average Bonchev–Trinajstić information content (AvgIpc) is 2.50. The number of anilines is 2. The number of esters is 1. The summed E-state index contributed by atoms with van der Waals surface area (Å²) in [5.74, 6) is -0.481. The van der Waals surface area contributed by atoms with Gasteiger partial charge in [-0.15, -0.1) is 0 Å². The van der Waals surface area contributed by atoms with Crippen molar-refractivity contribution in [3.05, 3.63) is 47.5 Å². The van der Waals surface area contributed by atoms with E-state index in [1.807, 2.05) is 0 Å². The van der Waals surface area contributed by atoms with Gasteiger partial charge in [-0.25, -0.2) is 4.79 Å². The van der Waals surface area contributed by atoms with Crippen LogP contribution in [-0.4, -0.2) is 30.1 Å². The summed E-state index contributed by atoms with van der Waals surface area (Å²) in [6.45, 7) is -0.127. The Kier molecular flexibility index (Phi) is 4.08. The molecule has 2 aromatic carbocycles. The zero-order valence-corrected chi connectivity index (χ0v) is 12.7. The Bertz CT molecular complexity index is 778. The first-order valence-corrected chi connectivity index (χ1v) is 7.24. The smallest absolute Gasteiger partial charge is 0.331 e. The molecule has 0 bridgehead atoms. The van der Waals surface area contributed by atoms with Crippen molar-refractivity contribution < 1.29 is 19.4 Å². The molecule has 2 N–H and O–H groups in total. The molecule has 0 saturated carbocycles. The molecule has 0 unspecified atom stereocenters. The molecule has 0 aliphatic carbocycles. The summed E-state index contributed by atoms with van der Waals surface area (Å²) in [5.41, 5.74) is 0.882. The first-order chi connectivity index (χ1) is 11.0. The minimum absolute atomic E-state index is 0.0256. The fourth-order valence-electron chi connectivity index (χ4n) is 2.30. The average molecular weight is 333 g/mol. The van der Waals surface area contributed by atoms with Gasteiger partial charge in [0.15, 0.2) is 5.75 Å². The number of nitrogens with one attached hydrogen (secondary N) is 1. The predicted molar refractivity (Wildman–Crippen MR) is 86.0 cm³/mol. The standard InChI is InChI=1S/C16H13ClN2O4/c17-10-5-6-14-12(7-10)19(9-16(22)23-14)8-15(21)18-11-3-1-2-4-13(11)20/h1-7,20H,8-9H2,(H,18,21). The second-order valence-electron chi connectivity index (χ2n) is 5.01. The third-order valence-electron chi connectivity index (χ3n) is 3.32. The van der Waals surface area contributed by atoms with Gasteiger partial charge in [0.2, 0.25) is 5.91 Å². The highest BCUT2D eigenvalue weighted by Gasteiger charge is 2.26. The number of phenolic OH excluding ortho intramolecular Hbond substituents is 1. The molecule has 0 atom stereocenters. The molecular formula is C16H13ClN2O4. The highest BCUT2D eigenvalue weighted by atomic mass is 35.5. The van der Waals surface area contributed by atoms with E-state index in [2.05, 4.69) is 5.32 Å². The summed E-state index contributed by atoms with van der Waals surface area (Å²) in [4.78, 5) is 25.4. The zero-order valence-electron chi connectivity index (χ0n) is 12.0. The molecule has 1 aliphatic rings. The maximum absolute atomic E-state index is 12.2. The SMILES string of the molecule is O=C(CN1CC(=O)Oc2ccc(Cl)cc21)Nc1ccccc1O. The van der Waals surface area contributed by atoms with Crippen LogP contribution in [0.3, 0.4) is 0 Å². The highest BCUT2D eigenvalue weighted by molar-refractivity contribution is 6.31. The molecule has 23 heavy (non-hydrogen) atoms. The van der Waals surface area contributed by atoms with E-state index in [1.165, 1.54) is 6.07 Å². The molecule has 0 saturated heterocycles. The Hall–Kier alpha value is -2.73. The van der Waals surface area contributed by atoms with Crippen LogP contribution in [0, 0.1) is 0 Å². The number of aromatic hydroxyl groups is 1. The van der Waals surface area contributed by atoms with Crippen molar-refractivity contribution in [3.63, 3.8) is 0 Å². The third-order valence-corrected chi connectivity index (χ3v) is 3.55. The monoisotopic (exact) mass is 332 g/mol. The Morgan fingerprint density at radius 2 is 2.09 bits per heavy atom. The van der Waals surface area contributed by atoms with E-state index in [0.29, 0.717) is 22.1 Å². The number of carbonyl (C=O) groups is 2. The molecule has 0 spiro atoms. The lowest BCUT2D eigenvalue weighted by Crippen LogP contribution is -2.41. The molecule has 1 aliphatic heterocycles. The number of hydrogen-bond acceptors (Lipinski definition) is 5. The van der Waals surface area contributed by atoms with Gasteiger partial charge in [0.1, 0.15) is 12.3 Å². The maximum Gasteiger partial charge on any atom is 0.331 e. The lowest BCUT2D eigenvalue weighted by atomic mass is 10.2. The van der Waals surface area contributed by atoms with Gasteiger partial charge in [0.25, 0.3) is 0 Å². The lowest BCUT2D eigenvalue weighted by Gasteiger charge is -2.29. The third kappa shape index (κ3) is 3.37. The second-order valence-corrected chi connectivity index (χ2v) is 5.44. The Balaban J connectivity index is 1.78. The predicted octanol–water partition coefficient (Wildman–Crippen LogP) is 2.41. The lowest BCUT2D eigenvalue weighted by molar-refractivity contribution is -0.133. The fraction of sp³-hybridized carbons (Fsp3) is 0.125. The van der Waals surface area contributed by atoms with Crippen LogP contribution in [0.4, 0.5) is 11.4 Å². The van der Waals surface area contributed by atoms with E-state index in [4.69, 9.17) is 16.3 Å². The molecule has 0 aromatic heterocycles. The normalized spacial score (nSPS) is 13.3. The Labute approximate surface area is 137 Å². The number of nitrogens with zero attached hydrogens (tertiary/aromatic N) is 1. The summed E-state index contributed by atoms with van der Waals surface area (Å²) in [6, 6.07) is 11.2. The molecule has 118 valence electrons. The Morgan fingerprint density at radius 3 is 2.87 bits per heavy atom. The van der Waals surface area contributed by atoms with Crippen LogP contribution >= 0.6 is 11.6 Å². The van der Waals surface area contributed by atoms with Gasteiger partial charge in [-0.05, 0) is 30.3 Å². The van der Waals surface area contributed by atoms with Crippen LogP contribution in [-0.2, 0) is 9.59 Å². The summed E-state index contributed by atoms with van der Waals surface area (Å²) in [7, 11) is 0. The summed E-state index contributed by atoms with van der Waals surface area (Å²) >= 11 is 5.96. The first kappa shape index (κ1) is 15.2.